The van der Waals surface area contributed by atoms with Gasteiger partial charge in [-0.15, -0.1) is 0 Å². The van der Waals surface area contributed by atoms with E-state index in [9.17, 15) is 14.4 Å². The lowest BCUT2D eigenvalue weighted by Crippen LogP contribution is -2.30. The van der Waals surface area contributed by atoms with Crippen molar-refractivity contribution in [3.05, 3.63) is 0 Å². The molecule has 1 unspecified atom stereocenters. The summed E-state index contributed by atoms with van der Waals surface area (Å²) in [6, 6.07) is 0. The normalized spacial score (nSPS) is 12.6. The Hall–Kier alpha value is -1.59. The van der Waals surface area contributed by atoms with Crippen molar-refractivity contribution in [2.45, 2.75) is 265 Å². The zero-order valence-corrected chi connectivity index (χ0v) is 36.8. The summed E-state index contributed by atoms with van der Waals surface area (Å²) in [5.74, 6) is 0.796. The Balaban J connectivity index is 4.28. The number of esters is 3. The van der Waals surface area contributed by atoms with Crippen LogP contribution in [0.1, 0.15) is 259 Å². The molecule has 0 saturated carbocycles. The van der Waals surface area contributed by atoms with Crippen molar-refractivity contribution in [3.8, 4) is 0 Å². The lowest BCUT2D eigenvalue weighted by atomic mass is 10.00. The van der Waals surface area contributed by atoms with Crippen molar-refractivity contribution in [2.75, 3.05) is 13.2 Å². The molecule has 0 radical (unpaired) electrons. The topological polar surface area (TPSA) is 78.9 Å². The molecule has 0 fully saturated rings. The van der Waals surface area contributed by atoms with Gasteiger partial charge in [0.25, 0.3) is 0 Å². The first kappa shape index (κ1) is 52.4. The van der Waals surface area contributed by atoms with Crippen molar-refractivity contribution in [1.82, 2.24) is 0 Å². The number of hydrogen-bond acceptors (Lipinski definition) is 6. The molecule has 0 aliphatic carbocycles. The summed E-state index contributed by atoms with van der Waals surface area (Å²) < 4.78 is 16.7. The average Bonchev–Trinajstić information content (AvgIpc) is 3.15. The Morgan fingerprint density at radius 3 is 1.06 bits per heavy atom. The van der Waals surface area contributed by atoms with Crippen LogP contribution in [0.15, 0.2) is 0 Å². The maximum absolute atomic E-state index is 12.7. The lowest BCUT2D eigenvalue weighted by molar-refractivity contribution is -0.167. The summed E-state index contributed by atoms with van der Waals surface area (Å²) in [7, 11) is 0. The summed E-state index contributed by atoms with van der Waals surface area (Å²) in [6.45, 7) is 11.3. The highest BCUT2D eigenvalue weighted by Crippen LogP contribution is 2.17. The first-order valence-corrected chi connectivity index (χ1v) is 23.8. The number of ether oxygens (including phenoxy) is 3. The predicted octanol–water partition coefficient (Wildman–Crippen LogP) is 15.0. The van der Waals surface area contributed by atoms with Gasteiger partial charge in [-0.05, 0) is 31.1 Å². The monoisotopic (exact) mass is 765 g/mol. The maximum Gasteiger partial charge on any atom is 0.306 e. The number of rotatable bonds is 42. The average molecular weight is 765 g/mol. The molecule has 320 valence electrons. The first-order valence-electron chi connectivity index (χ1n) is 23.8. The molecule has 0 spiro atoms. The minimum absolute atomic E-state index is 0.0650. The fourth-order valence-electron chi connectivity index (χ4n) is 7.07. The second kappa shape index (κ2) is 41.1. The number of carbonyl (C=O) groups is 3. The summed E-state index contributed by atoms with van der Waals surface area (Å²) >= 11 is 0. The number of unbranched alkanes of at least 4 members (excludes halogenated alkanes) is 26. The van der Waals surface area contributed by atoms with Gasteiger partial charge in [0.05, 0.1) is 0 Å². The van der Waals surface area contributed by atoms with Crippen LogP contribution in [0.4, 0.5) is 0 Å². The highest BCUT2D eigenvalue weighted by molar-refractivity contribution is 5.71. The zero-order chi connectivity index (χ0) is 39.7. The highest BCUT2D eigenvalue weighted by Gasteiger charge is 2.19. The smallest absolute Gasteiger partial charge is 0.306 e. The third-order valence-corrected chi connectivity index (χ3v) is 11.1. The molecule has 2 atom stereocenters. The molecule has 0 N–H and O–H groups in total. The molecular weight excluding hydrogens is 673 g/mol. The van der Waals surface area contributed by atoms with Gasteiger partial charge in [0.2, 0.25) is 0 Å². The Morgan fingerprint density at radius 1 is 0.389 bits per heavy atom. The van der Waals surface area contributed by atoms with Gasteiger partial charge in [0, 0.05) is 19.3 Å². The Morgan fingerprint density at radius 2 is 0.704 bits per heavy atom. The number of hydrogen-bond donors (Lipinski definition) is 0. The van der Waals surface area contributed by atoms with Crippen LogP contribution < -0.4 is 0 Å². The van der Waals surface area contributed by atoms with E-state index in [1.165, 1.54) is 148 Å². The largest absolute Gasteiger partial charge is 0.462 e. The second-order valence-corrected chi connectivity index (χ2v) is 17.1. The predicted molar refractivity (Wildman–Crippen MR) is 229 cm³/mol. The van der Waals surface area contributed by atoms with Crippen molar-refractivity contribution < 1.29 is 28.6 Å². The Labute approximate surface area is 336 Å². The first-order chi connectivity index (χ1) is 26.3. The van der Waals surface area contributed by atoms with Gasteiger partial charge in [-0.3, -0.25) is 14.4 Å². The molecule has 0 heterocycles. The quantitative estimate of drug-likeness (QED) is 0.0350. The molecular formula is C48H92O6. The van der Waals surface area contributed by atoms with Crippen LogP contribution >= 0.6 is 0 Å². The summed E-state index contributed by atoms with van der Waals surface area (Å²) in [6.07, 6.45) is 39.5. The third-order valence-electron chi connectivity index (χ3n) is 11.1. The minimum Gasteiger partial charge on any atom is -0.462 e. The van der Waals surface area contributed by atoms with Crippen molar-refractivity contribution >= 4 is 17.9 Å². The van der Waals surface area contributed by atoms with E-state index in [-0.39, 0.29) is 31.1 Å². The fraction of sp³-hybridized carbons (Fsp3) is 0.938. The van der Waals surface area contributed by atoms with E-state index >= 15 is 0 Å². The second-order valence-electron chi connectivity index (χ2n) is 17.1. The van der Waals surface area contributed by atoms with E-state index in [0.29, 0.717) is 19.3 Å². The van der Waals surface area contributed by atoms with E-state index in [2.05, 4.69) is 34.6 Å². The summed E-state index contributed by atoms with van der Waals surface area (Å²) in [5.41, 5.74) is 0. The van der Waals surface area contributed by atoms with E-state index < -0.39 is 6.10 Å². The molecule has 0 aliphatic rings. The molecule has 0 bridgehead atoms. The molecule has 0 amide bonds. The van der Waals surface area contributed by atoms with Crippen LogP contribution in [0.25, 0.3) is 0 Å². The summed E-state index contributed by atoms with van der Waals surface area (Å²) in [5, 5.41) is 0. The van der Waals surface area contributed by atoms with E-state index in [1.807, 2.05) is 0 Å². The van der Waals surface area contributed by atoms with Crippen molar-refractivity contribution in [3.63, 3.8) is 0 Å². The maximum atomic E-state index is 12.7. The van der Waals surface area contributed by atoms with Gasteiger partial charge in [0.15, 0.2) is 6.10 Å². The van der Waals surface area contributed by atoms with Crippen LogP contribution in [-0.2, 0) is 28.6 Å². The van der Waals surface area contributed by atoms with Crippen molar-refractivity contribution in [1.29, 1.82) is 0 Å². The molecule has 0 aromatic heterocycles. The van der Waals surface area contributed by atoms with Gasteiger partial charge >= 0.3 is 17.9 Å². The third kappa shape index (κ3) is 40.1. The van der Waals surface area contributed by atoms with Gasteiger partial charge < -0.3 is 14.2 Å². The summed E-state index contributed by atoms with van der Waals surface area (Å²) in [4.78, 5) is 37.7. The van der Waals surface area contributed by atoms with Gasteiger partial charge in [-0.25, -0.2) is 0 Å². The standard InChI is InChI=1S/C48H92O6/c1-6-8-9-10-11-12-19-23-30-35-40-48(51)54-45(42-53-47(50)39-34-29-25-24-27-32-37-44(5)7-2)41-52-46(49)38-33-28-22-20-17-15-13-14-16-18-21-26-31-36-43(3)4/h43-45H,6-42H2,1-5H3/t44?,45-/m0/s1. The number of carbonyl (C=O) groups excluding carboxylic acids is 3. The molecule has 6 nitrogen and oxygen atoms in total. The molecule has 0 rings (SSSR count). The minimum atomic E-state index is -0.760. The van der Waals surface area contributed by atoms with Crippen LogP contribution in [0, 0.1) is 11.8 Å². The molecule has 0 aromatic rings. The van der Waals surface area contributed by atoms with Crippen molar-refractivity contribution in [2.24, 2.45) is 11.8 Å². The van der Waals surface area contributed by atoms with Crippen LogP contribution in [0.2, 0.25) is 0 Å². The Bertz CT molecular complexity index is 826. The van der Waals surface area contributed by atoms with Gasteiger partial charge in [-0.1, -0.05) is 221 Å². The molecule has 0 saturated heterocycles. The molecule has 0 aliphatic heterocycles. The van der Waals surface area contributed by atoms with E-state index in [0.717, 1.165) is 69.6 Å². The van der Waals surface area contributed by atoms with Crippen LogP contribution in [0.3, 0.4) is 0 Å². The van der Waals surface area contributed by atoms with Gasteiger partial charge in [0.1, 0.15) is 13.2 Å². The zero-order valence-electron chi connectivity index (χ0n) is 36.8. The van der Waals surface area contributed by atoms with Gasteiger partial charge in [-0.2, -0.15) is 0 Å². The molecule has 0 aromatic carbocycles. The fourth-order valence-corrected chi connectivity index (χ4v) is 7.07. The Kier molecular flexibility index (Phi) is 39.8. The molecule has 6 heteroatoms. The van der Waals surface area contributed by atoms with E-state index in [1.54, 1.807) is 0 Å². The van der Waals surface area contributed by atoms with Crippen LogP contribution in [-0.4, -0.2) is 37.2 Å². The molecule has 54 heavy (non-hydrogen) atoms. The SMILES string of the molecule is CCCCCCCCCCCCC(=O)O[C@@H](COC(=O)CCCCCCCCCCCCCCCC(C)C)COC(=O)CCCCCCCCC(C)CC. The lowest BCUT2D eigenvalue weighted by Gasteiger charge is -2.18. The van der Waals surface area contributed by atoms with E-state index in [4.69, 9.17) is 14.2 Å². The van der Waals surface area contributed by atoms with Crippen LogP contribution in [0.5, 0.6) is 0 Å². The highest BCUT2D eigenvalue weighted by atomic mass is 16.6.